The van der Waals surface area contributed by atoms with Crippen LogP contribution in [0, 0.1) is 5.82 Å². The van der Waals surface area contributed by atoms with Crippen molar-refractivity contribution in [3.8, 4) is 5.75 Å². The number of hydrogen-bond donors (Lipinski definition) is 3. The van der Waals surface area contributed by atoms with Crippen molar-refractivity contribution >= 4 is 40.0 Å². The van der Waals surface area contributed by atoms with Gasteiger partial charge in [0.25, 0.3) is 0 Å². The molecule has 0 aliphatic rings. The molecule has 0 saturated carbocycles. The monoisotopic (exact) mass is 553 g/mol. The lowest BCUT2D eigenvalue weighted by Crippen LogP contribution is -2.44. The molecule has 0 fully saturated rings. The van der Waals surface area contributed by atoms with E-state index in [-0.39, 0.29) is 47.3 Å². The number of halogens is 2. The average Bonchev–Trinajstić information content (AvgIpc) is 3.13. The predicted octanol–water partition coefficient (Wildman–Crippen LogP) is 2.08. The number of aliphatic imine (C=N–C) groups is 1. The van der Waals surface area contributed by atoms with Gasteiger partial charge in [0.1, 0.15) is 17.7 Å². The molecule has 1 atom stereocenters. The van der Waals surface area contributed by atoms with E-state index in [0.29, 0.717) is 24.8 Å². The van der Waals surface area contributed by atoms with E-state index in [1.165, 1.54) is 12.1 Å². The number of aryl methyl sites for hydroxylation is 1. The Bertz CT molecular complexity index is 920. The van der Waals surface area contributed by atoms with Gasteiger partial charge in [-0.15, -0.1) is 24.0 Å². The molecule has 2 aromatic rings. The fraction of sp³-hybridized carbons (Fsp3) is 0.421. The van der Waals surface area contributed by atoms with Crippen LogP contribution in [0.15, 0.2) is 52.6 Å². The number of benzene rings is 1. The largest absolute Gasteiger partial charge is 0.489 e. The quantitative estimate of drug-likeness (QED) is 0.181. The molecular weight excluding hydrogens is 524 g/mol. The van der Waals surface area contributed by atoms with Crippen molar-refractivity contribution in [3.05, 3.63) is 48.5 Å². The van der Waals surface area contributed by atoms with Crippen LogP contribution in [0.25, 0.3) is 0 Å². The van der Waals surface area contributed by atoms with Gasteiger partial charge in [0.2, 0.25) is 10.0 Å². The molecule has 11 heteroatoms. The highest BCUT2D eigenvalue weighted by atomic mass is 127. The van der Waals surface area contributed by atoms with E-state index in [9.17, 15) is 12.8 Å². The van der Waals surface area contributed by atoms with Gasteiger partial charge in [0.15, 0.2) is 5.96 Å². The van der Waals surface area contributed by atoms with Crippen molar-refractivity contribution in [1.82, 2.24) is 19.9 Å². The minimum atomic E-state index is -3.53. The lowest BCUT2D eigenvalue weighted by molar-refractivity contribution is 0.199. The Labute approximate surface area is 194 Å². The second kappa shape index (κ2) is 12.7. The van der Waals surface area contributed by atoms with Crippen LogP contribution < -0.4 is 20.1 Å². The molecule has 8 nitrogen and oxygen atoms in total. The van der Waals surface area contributed by atoms with Crippen LogP contribution in [0.2, 0.25) is 0 Å². The second-order valence-electron chi connectivity index (χ2n) is 6.40. The summed E-state index contributed by atoms with van der Waals surface area (Å²) >= 11 is 0. The third-order valence-corrected chi connectivity index (χ3v) is 5.55. The lowest BCUT2D eigenvalue weighted by atomic mass is 10.2. The Hall–Kier alpha value is -1.86. The zero-order chi connectivity index (χ0) is 21.3. The maximum atomic E-state index is 13.3. The third-order valence-electron chi connectivity index (χ3n) is 4.10. The van der Waals surface area contributed by atoms with E-state index < -0.39 is 10.0 Å². The lowest BCUT2D eigenvalue weighted by Gasteiger charge is -2.20. The predicted molar refractivity (Wildman–Crippen MR) is 126 cm³/mol. The van der Waals surface area contributed by atoms with Gasteiger partial charge in [0.05, 0.1) is 11.4 Å². The van der Waals surface area contributed by atoms with Crippen LogP contribution in [0.3, 0.4) is 0 Å². The van der Waals surface area contributed by atoms with Gasteiger partial charge in [-0.3, -0.25) is 4.99 Å². The molecule has 0 radical (unpaired) electrons. The van der Waals surface area contributed by atoms with Gasteiger partial charge >= 0.3 is 0 Å². The normalized spacial score (nSPS) is 12.7. The fourth-order valence-corrected chi connectivity index (χ4v) is 3.60. The standard InChI is InChI=1S/C19H28FN5O3S.HI/c1-4-16(28-17-7-5-6-15(20)12-17)13-23-19(21-2)22-9-10-24-29(26,27)18-8-11-25(3)14-18;/h5-8,11-12,14,16,24H,4,9-10,13H2,1-3H3,(H2,21,22,23);1H. The first-order chi connectivity index (χ1) is 13.8. The first-order valence-electron chi connectivity index (χ1n) is 9.32. The Kier molecular flexibility index (Phi) is 11.1. The Balaban J connectivity index is 0.00000450. The van der Waals surface area contributed by atoms with Crippen LogP contribution in [0.4, 0.5) is 4.39 Å². The van der Waals surface area contributed by atoms with Crippen molar-refractivity contribution in [1.29, 1.82) is 0 Å². The summed E-state index contributed by atoms with van der Waals surface area (Å²) in [5.74, 6) is 0.642. The zero-order valence-electron chi connectivity index (χ0n) is 17.3. The van der Waals surface area contributed by atoms with Gasteiger partial charge in [-0.05, 0) is 24.6 Å². The summed E-state index contributed by atoms with van der Waals surface area (Å²) in [4.78, 5) is 4.33. The van der Waals surface area contributed by atoms with Crippen LogP contribution in [-0.4, -0.2) is 51.7 Å². The molecular formula is C19H29FIN5O3S. The van der Waals surface area contributed by atoms with Crippen LogP contribution >= 0.6 is 24.0 Å². The number of aromatic nitrogens is 1. The highest BCUT2D eigenvalue weighted by molar-refractivity contribution is 14.0. The van der Waals surface area contributed by atoms with E-state index in [4.69, 9.17) is 4.74 Å². The summed E-state index contributed by atoms with van der Waals surface area (Å²) in [5.41, 5.74) is 0. The number of guanidine groups is 1. The van der Waals surface area contributed by atoms with E-state index >= 15 is 0 Å². The third kappa shape index (κ3) is 8.48. The number of hydrogen-bond acceptors (Lipinski definition) is 4. The zero-order valence-corrected chi connectivity index (χ0v) is 20.4. The average molecular weight is 553 g/mol. The van der Waals surface area contributed by atoms with E-state index in [0.717, 1.165) is 6.42 Å². The molecule has 0 spiro atoms. The highest BCUT2D eigenvalue weighted by Gasteiger charge is 2.14. The van der Waals surface area contributed by atoms with Gasteiger partial charge in [-0.1, -0.05) is 13.0 Å². The summed E-state index contributed by atoms with van der Waals surface area (Å²) < 4.78 is 47.6. The van der Waals surface area contributed by atoms with Crippen LogP contribution in [-0.2, 0) is 17.1 Å². The fourth-order valence-electron chi connectivity index (χ4n) is 2.52. The summed E-state index contributed by atoms with van der Waals surface area (Å²) in [5, 5.41) is 6.17. The molecule has 1 aromatic carbocycles. The van der Waals surface area contributed by atoms with Gasteiger partial charge < -0.3 is 19.9 Å². The molecule has 0 aliphatic carbocycles. The molecule has 1 aromatic heterocycles. The summed E-state index contributed by atoms with van der Waals surface area (Å²) in [6, 6.07) is 7.55. The van der Waals surface area contributed by atoms with Crippen molar-refractivity contribution in [2.45, 2.75) is 24.3 Å². The smallest absolute Gasteiger partial charge is 0.242 e. The summed E-state index contributed by atoms with van der Waals surface area (Å²) in [6.45, 7) is 2.99. The molecule has 168 valence electrons. The van der Waals surface area contributed by atoms with Gasteiger partial charge in [-0.2, -0.15) is 0 Å². The van der Waals surface area contributed by atoms with Crippen molar-refractivity contribution < 1.29 is 17.5 Å². The molecule has 30 heavy (non-hydrogen) atoms. The molecule has 1 heterocycles. The van der Waals surface area contributed by atoms with E-state index in [1.807, 2.05) is 6.92 Å². The molecule has 0 aliphatic heterocycles. The van der Waals surface area contributed by atoms with E-state index in [2.05, 4.69) is 20.3 Å². The van der Waals surface area contributed by atoms with Crippen molar-refractivity contribution in [2.75, 3.05) is 26.7 Å². The number of rotatable bonds is 10. The number of sulfonamides is 1. The molecule has 0 saturated heterocycles. The van der Waals surface area contributed by atoms with Gasteiger partial charge in [-0.25, -0.2) is 17.5 Å². The topological polar surface area (TPSA) is 96.8 Å². The van der Waals surface area contributed by atoms with Crippen molar-refractivity contribution in [2.24, 2.45) is 12.0 Å². The molecule has 2 rings (SSSR count). The summed E-state index contributed by atoms with van der Waals surface area (Å²) in [7, 11) is -0.149. The second-order valence-corrected chi connectivity index (χ2v) is 8.16. The molecule has 0 bridgehead atoms. The maximum absolute atomic E-state index is 13.3. The first kappa shape index (κ1) is 26.2. The summed E-state index contributed by atoms with van der Waals surface area (Å²) in [6.07, 6.45) is 3.76. The van der Waals surface area contributed by atoms with Crippen molar-refractivity contribution in [3.63, 3.8) is 0 Å². The number of ether oxygens (including phenoxy) is 1. The minimum absolute atomic E-state index is 0. The number of nitrogens with zero attached hydrogens (tertiary/aromatic N) is 2. The Morgan fingerprint density at radius 3 is 2.63 bits per heavy atom. The maximum Gasteiger partial charge on any atom is 0.242 e. The Morgan fingerprint density at radius 1 is 1.27 bits per heavy atom. The van der Waals surface area contributed by atoms with E-state index in [1.54, 1.807) is 49.3 Å². The number of nitrogens with one attached hydrogen (secondary N) is 3. The SMILES string of the molecule is CCC(CNC(=NC)NCCNS(=O)(=O)c1ccn(C)c1)Oc1cccc(F)c1.I. The van der Waals surface area contributed by atoms with Crippen LogP contribution in [0.1, 0.15) is 13.3 Å². The highest BCUT2D eigenvalue weighted by Crippen LogP contribution is 2.14. The first-order valence-corrected chi connectivity index (χ1v) is 10.8. The molecule has 0 amide bonds. The Morgan fingerprint density at radius 2 is 2.03 bits per heavy atom. The minimum Gasteiger partial charge on any atom is -0.489 e. The molecule has 1 unspecified atom stereocenters. The van der Waals surface area contributed by atoms with Gasteiger partial charge in [0, 0.05) is 45.6 Å². The molecule has 3 N–H and O–H groups in total. The van der Waals surface area contributed by atoms with Crippen LogP contribution in [0.5, 0.6) is 5.75 Å².